The van der Waals surface area contributed by atoms with Crippen LogP contribution in [-0.4, -0.2) is 47.2 Å². The normalized spacial score (nSPS) is 11.9. The lowest BCUT2D eigenvalue weighted by atomic mass is 10.2. The fourth-order valence-electron chi connectivity index (χ4n) is 1.38. The molecule has 0 atom stereocenters. The summed E-state index contributed by atoms with van der Waals surface area (Å²) in [6.45, 7) is 1.93. The summed E-state index contributed by atoms with van der Waals surface area (Å²) < 4.78 is 52.4. The summed E-state index contributed by atoms with van der Waals surface area (Å²) >= 11 is 0. The van der Waals surface area contributed by atoms with Gasteiger partial charge in [0.15, 0.2) is 0 Å². The van der Waals surface area contributed by atoms with Crippen LogP contribution in [0.15, 0.2) is 24.3 Å². The first-order valence-electron chi connectivity index (χ1n) is 6.08. The van der Waals surface area contributed by atoms with Crippen molar-refractivity contribution in [1.29, 1.82) is 0 Å². The van der Waals surface area contributed by atoms with Gasteiger partial charge < -0.3 is 4.74 Å². The molecule has 0 spiro atoms. The Morgan fingerprint density at radius 3 is 2.14 bits per heavy atom. The summed E-state index contributed by atoms with van der Waals surface area (Å²) in [5.74, 6) is -1.47. The fourth-order valence-corrected chi connectivity index (χ4v) is 4.07. The highest BCUT2D eigenvalue weighted by atomic mass is 32.2. The van der Waals surface area contributed by atoms with Crippen LogP contribution >= 0.6 is 0 Å². The number of ether oxygens (including phenoxy) is 1. The average Bonchev–Trinajstić information content (AvgIpc) is 2.36. The van der Waals surface area contributed by atoms with E-state index in [4.69, 9.17) is 4.74 Å². The van der Waals surface area contributed by atoms with Gasteiger partial charge in [-0.15, -0.1) is 0 Å². The minimum Gasteiger partial charge on any atom is -0.462 e. The summed E-state index contributed by atoms with van der Waals surface area (Å²) in [6, 6.07) is 5.66. The molecule has 0 amide bonds. The van der Waals surface area contributed by atoms with Crippen molar-refractivity contribution < 1.29 is 26.4 Å². The van der Waals surface area contributed by atoms with Crippen molar-refractivity contribution in [2.45, 2.75) is 6.92 Å². The predicted molar refractivity (Wildman–Crippen MR) is 79.5 cm³/mol. The molecule has 0 aliphatic heterocycles. The zero-order valence-corrected chi connectivity index (χ0v) is 13.3. The highest BCUT2D eigenvalue weighted by Crippen LogP contribution is 2.12. The number of hydrogen-bond acceptors (Lipinski definition) is 6. The van der Waals surface area contributed by atoms with Gasteiger partial charge in [0.25, 0.3) is 0 Å². The number of esters is 1. The SMILES string of the molecule is CCOC(=O)c1ccc(NS(=O)(=O)CCS(C)(=O)=O)cc1. The molecule has 0 fully saturated rings. The Bertz CT molecular complexity index is 692. The van der Waals surface area contributed by atoms with Crippen molar-refractivity contribution >= 4 is 31.5 Å². The first-order valence-corrected chi connectivity index (χ1v) is 9.79. The molecule has 1 aromatic carbocycles. The van der Waals surface area contributed by atoms with Crippen LogP contribution < -0.4 is 4.72 Å². The van der Waals surface area contributed by atoms with E-state index in [0.717, 1.165) is 6.26 Å². The molecule has 0 radical (unpaired) electrons. The van der Waals surface area contributed by atoms with Crippen LogP contribution in [0.1, 0.15) is 17.3 Å². The topological polar surface area (TPSA) is 107 Å². The first-order chi connectivity index (χ1) is 9.63. The van der Waals surface area contributed by atoms with Crippen molar-refractivity contribution in [2.75, 3.05) is 29.1 Å². The zero-order valence-electron chi connectivity index (χ0n) is 11.7. The fraction of sp³-hybridized carbons (Fsp3) is 0.417. The maximum Gasteiger partial charge on any atom is 0.338 e. The van der Waals surface area contributed by atoms with Crippen LogP contribution in [0, 0.1) is 0 Å². The number of rotatable bonds is 7. The second-order valence-corrected chi connectivity index (χ2v) is 8.45. The lowest BCUT2D eigenvalue weighted by molar-refractivity contribution is 0.0526. The predicted octanol–water partition coefficient (Wildman–Crippen LogP) is 0.650. The molecule has 1 aromatic rings. The van der Waals surface area contributed by atoms with Gasteiger partial charge in [0.05, 0.1) is 23.7 Å². The molecule has 0 saturated heterocycles. The van der Waals surface area contributed by atoms with Crippen molar-refractivity contribution in [1.82, 2.24) is 0 Å². The highest BCUT2D eigenvalue weighted by molar-refractivity contribution is 7.95. The summed E-state index contributed by atoms with van der Waals surface area (Å²) in [4.78, 5) is 11.4. The van der Waals surface area contributed by atoms with Gasteiger partial charge in [-0.1, -0.05) is 0 Å². The summed E-state index contributed by atoms with van der Waals surface area (Å²) in [5, 5.41) is 0. The van der Waals surface area contributed by atoms with E-state index in [2.05, 4.69) is 4.72 Å². The zero-order chi connectivity index (χ0) is 16.1. The van der Waals surface area contributed by atoms with Crippen LogP contribution in [-0.2, 0) is 24.6 Å². The van der Waals surface area contributed by atoms with Gasteiger partial charge in [0, 0.05) is 11.9 Å². The Morgan fingerprint density at radius 1 is 1.10 bits per heavy atom. The number of carbonyl (C=O) groups excluding carboxylic acids is 1. The van der Waals surface area contributed by atoms with Crippen LogP contribution in [0.2, 0.25) is 0 Å². The van der Waals surface area contributed by atoms with Crippen LogP contribution in [0.25, 0.3) is 0 Å². The third-order valence-corrected chi connectivity index (χ3v) is 4.88. The monoisotopic (exact) mass is 335 g/mol. The van der Waals surface area contributed by atoms with E-state index in [1.165, 1.54) is 24.3 Å². The van der Waals surface area contributed by atoms with Crippen LogP contribution in [0.5, 0.6) is 0 Å². The van der Waals surface area contributed by atoms with Crippen molar-refractivity contribution in [2.24, 2.45) is 0 Å². The van der Waals surface area contributed by atoms with E-state index in [-0.39, 0.29) is 12.3 Å². The molecule has 0 saturated carbocycles. The number of carbonyl (C=O) groups is 1. The molecule has 0 aliphatic rings. The summed E-state index contributed by atoms with van der Waals surface area (Å²) in [5.41, 5.74) is 0.549. The Balaban J connectivity index is 2.73. The Labute approximate surface area is 124 Å². The summed E-state index contributed by atoms with van der Waals surface area (Å²) in [7, 11) is -7.11. The van der Waals surface area contributed by atoms with E-state index in [1.807, 2.05) is 0 Å². The number of sulfone groups is 1. The van der Waals surface area contributed by atoms with Crippen molar-refractivity contribution in [3.8, 4) is 0 Å². The van der Waals surface area contributed by atoms with E-state index in [9.17, 15) is 21.6 Å². The maximum atomic E-state index is 11.7. The molecular weight excluding hydrogens is 318 g/mol. The van der Waals surface area contributed by atoms with Gasteiger partial charge in [-0.05, 0) is 31.2 Å². The van der Waals surface area contributed by atoms with Gasteiger partial charge in [-0.2, -0.15) is 0 Å². The highest BCUT2D eigenvalue weighted by Gasteiger charge is 2.15. The van der Waals surface area contributed by atoms with Crippen molar-refractivity contribution in [3.63, 3.8) is 0 Å². The largest absolute Gasteiger partial charge is 0.462 e. The third-order valence-electron chi connectivity index (χ3n) is 2.39. The lowest BCUT2D eigenvalue weighted by Gasteiger charge is -2.08. The van der Waals surface area contributed by atoms with Gasteiger partial charge in [-0.25, -0.2) is 21.6 Å². The molecule has 0 aliphatic carbocycles. The standard InChI is InChI=1S/C12H17NO6S2/c1-3-19-12(14)10-4-6-11(7-5-10)13-21(17,18)9-8-20(2,15)16/h4-7,13H,3,8-9H2,1-2H3. The molecule has 21 heavy (non-hydrogen) atoms. The minimum absolute atomic E-state index is 0.247. The second-order valence-electron chi connectivity index (χ2n) is 4.35. The number of hydrogen-bond donors (Lipinski definition) is 1. The van der Waals surface area contributed by atoms with Crippen LogP contribution in [0.3, 0.4) is 0 Å². The van der Waals surface area contributed by atoms with E-state index in [1.54, 1.807) is 6.92 Å². The number of anilines is 1. The maximum absolute atomic E-state index is 11.7. The molecule has 0 bridgehead atoms. The van der Waals surface area contributed by atoms with Gasteiger partial charge >= 0.3 is 5.97 Å². The second kappa shape index (κ2) is 6.90. The molecule has 0 heterocycles. The molecule has 1 rings (SSSR count). The molecular formula is C12H17NO6S2. The molecule has 1 N–H and O–H groups in total. The van der Waals surface area contributed by atoms with Gasteiger partial charge in [0.1, 0.15) is 9.84 Å². The van der Waals surface area contributed by atoms with E-state index < -0.39 is 37.3 Å². The quantitative estimate of drug-likeness (QED) is 0.733. The van der Waals surface area contributed by atoms with Gasteiger partial charge in [-0.3, -0.25) is 4.72 Å². The lowest BCUT2D eigenvalue weighted by Crippen LogP contribution is -2.22. The first kappa shape index (κ1) is 17.4. The number of nitrogens with one attached hydrogen (secondary N) is 1. The third kappa shape index (κ3) is 6.58. The molecule has 0 unspecified atom stereocenters. The van der Waals surface area contributed by atoms with E-state index >= 15 is 0 Å². The van der Waals surface area contributed by atoms with Gasteiger partial charge in [0.2, 0.25) is 10.0 Å². The Kier molecular flexibility index (Phi) is 5.73. The molecule has 9 heteroatoms. The van der Waals surface area contributed by atoms with Crippen LogP contribution in [0.4, 0.5) is 5.69 Å². The number of sulfonamides is 1. The van der Waals surface area contributed by atoms with E-state index in [0.29, 0.717) is 5.56 Å². The Morgan fingerprint density at radius 2 is 1.67 bits per heavy atom. The molecule has 118 valence electrons. The minimum atomic E-state index is -3.76. The Hall–Kier alpha value is -1.61. The van der Waals surface area contributed by atoms with Crippen molar-refractivity contribution in [3.05, 3.63) is 29.8 Å². The molecule has 0 aromatic heterocycles. The average molecular weight is 335 g/mol. The number of benzene rings is 1. The smallest absolute Gasteiger partial charge is 0.338 e. The molecule has 7 nitrogen and oxygen atoms in total. The summed E-state index contributed by atoms with van der Waals surface area (Å²) in [6.07, 6.45) is 0.969.